The molecule has 10 atom stereocenters. The van der Waals surface area contributed by atoms with Crippen molar-refractivity contribution >= 4 is 65.7 Å². The van der Waals surface area contributed by atoms with E-state index in [1.54, 1.807) is 0 Å². The number of ether oxygens (including phenoxy) is 2. The maximum Gasteiger partial charge on any atom is 0.386 e. The van der Waals surface area contributed by atoms with Gasteiger partial charge in [0.1, 0.15) is 42.6 Å². The Labute approximate surface area is 280 Å². The van der Waals surface area contributed by atoms with Crippen LogP contribution in [0.3, 0.4) is 0 Å². The van der Waals surface area contributed by atoms with E-state index in [9.17, 15) is 9.46 Å². The lowest BCUT2D eigenvalue weighted by molar-refractivity contribution is -0.0564. The monoisotopic (exact) mass is 745 g/mol. The average Bonchev–Trinajstić information content (AvgIpc) is 3.81. The van der Waals surface area contributed by atoms with Crippen LogP contribution in [0.25, 0.3) is 22.3 Å². The number of nitrogens with one attached hydrogen (secondary N) is 1. The van der Waals surface area contributed by atoms with Crippen LogP contribution in [0.4, 0.5) is 14.6 Å². The van der Waals surface area contributed by atoms with Gasteiger partial charge in [-0.3, -0.25) is 22.7 Å². The predicted molar refractivity (Wildman–Crippen MR) is 169 cm³/mol. The molecule has 0 aliphatic carbocycles. The van der Waals surface area contributed by atoms with E-state index in [0.29, 0.717) is 41.9 Å². The molecule has 3 fully saturated rings. The van der Waals surface area contributed by atoms with Gasteiger partial charge >= 0.3 is 13.5 Å². The Morgan fingerprint density at radius 2 is 1.50 bits per heavy atom. The van der Waals surface area contributed by atoms with Gasteiger partial charge < -0.3 is 24.2 Å². The molecule has 0 aromatic carbocycles. The summed E-state index contributed by atoms with van der Waals surface area (Å²) in [5, 5.41) is 3.18. The zero-order valence-corrected chi connectivity index (χ0v) is 28.0. The molecule has 256 valence electrons. The van der Waals surface area contributed by atoms with Gasteiger partial charge in [0.15, 0.2) is 47.4 Å². The van der Waals surface area contributed by atoms with Crippen molar-refractivity contribution in [2.45, 2.75) is 62.1 Å². The number of nitrogens with zero attached hydrogens (tertiary/aromatic N) is 8. The summed E-state index contributed by atoms with van der Waals surface area (Å²) >= 11 is 9.29. The number of rotatable bonds is 0. The third kappa shape index (κ3) is 5.98. The van der Waals surface area contributed by atoms with Gasteiger partial charge in [-0.25, -0.2) is 43.2 Å². The Bertz CT molecular complexity index is 1850. The van der Waals surface area contributed by atoms with Crippen molar-refractivity contribution in [1.29, 1.82) is 0 Å². The number of aryl methyl sites for hydroxylation is 1. The maximum atomic E-state index is 16.3. The van der Waals surface area contributed by atoms with E-state index in [4.69, 9.17) is 39.4 Å². The van der Waals surface area contributed by atoms with Gasteiger partial charge in [-0.05, 0) is 24.6 Å². The van der Waals surface area contributed by atoms with Gasteiger partial charge in [0.2, 0.25) is 0 Å². The molecule has 17 nitrogen and oxygen atoms in total. The number of allylic oxidation sites excluding steroid dienone is 1. The van der Waals surface area contributed by atoms with E-state index < -0.39 is 75.9 Å². The Morgan fingerprint density at radius 3 is 2.23 bits per heavy atom. The summed E-state index contributed by atoms with van der Waals surface area (Å²) in [5.41, 5.74) is 1.92. The van der Waals surface area contributed by atoms with E-state index in [2.05, 4.69) is 47.5 Å². The third-order valence-electron chi connectivity index (χ3n) is 8.29. The van der Waals surface area contributed by atoms with Crippen molar-refractivity contribution in [1.82, 2.24) is 39.0 Å². The normalized spacial score (nSPS) is 38.2. The molecule has 5 aliphatic rings. The molecule has 9 rings (SSSR count). The van der Waals surface area contributed by atoms with Crippen LogP contribution >= 0.6 is 25.8 Å². The molecule has 9 heterocycles. The number of hydrogen-bond donors (Lipinski definition) is 3. The topological polar surface area (TPSA) is 192 Å². The summed E-state index contributed by atoms with van der Waals surface area (Å²) < 4.78 is 82.9. The maximum absolute atomic E-state index is 16.3. The number of anilines is 1. The predicted octanol–water partition coefficient (Wildman–Crippen LogP) is 3.12. The molecule has 14 bridgehead atoms. The molecule has 2 unspecified atom stereocenters. The molecule has 5 aliphatic heterocycles. The molecule has 2 N–H and O–H groups in total. The van der Waals surface area contributed by atoms with Crippen molar-refractivity contribution in [3.63, 3.8) is 0 Å². The number of aromatic nitrogens is 8. The fraction of sp³-hybridized carbons (Fsp3) is 0.520. The molecule has 0 amide bonds. The van der Waals surface area contributed by atoms with Crippen LogP contribution in [0.15, 0.2) is 37.5 Å². The SMILES string of the molecule is O=P1(S)OC[C@H]2O[C@@H]3[C@H](F)[C@@H]2OP(O)(=S)OC[C@H]2O[C@H]([C@H](F)[C@@H]2O1)n1cnc2c(ncnc21)NC/C=C/CCc1ncnc2c1ncn23. The van der Waals surface area contributed by atoms with E-state index in [1.807, 2.05) is 12.2 Å². The second-order valence-corrected chi connectivity index (χ2v) is 16.9. The Balaban J connectivity index is 1.21. The number of thiol groups is 1. The highest BCUT2D eigenvalue weighted by atomic mass is 32.7. The van der Waals surface area contributed by atoms with Gasteiger partial charge in [-0.15, -0.1) is 0 Å². The largest absolute Gasteiger partial charge is 0.386 e. The van der Waals surface area contributed by atoms with Gasteiger partial charge in [0.25, 0.3) is 0 Å². The summed E-state index contributed by atoms with van der Waals surface area (Å²) in [7, 11) is 0. The summed E-state index contributed by atoms with van der Waals surface area (Å²) in [6.07, 6.45) is -2.22. The molecule has 0 saturated carbocycles. The van der Waals surface area contributed by atoms with Crippen LogP contribution in [0.5, 0.6) is 0 Å². The zero-order chi connectivity index (χ0) is 33.2. The molecule has 4 aromatic rings. The fourth-order valence-corrected chi connectivity index (χ4v) is 8.99. The van der Waals surface area contributed by atoms with E-state index in [-0.39, 0.29) is 11.3 Å². The standard InChI is InChI=1S/C25H27F2N9O8P2S2/c26-15-19-13-6-39-46(38,48)44-20-14(7-40-45(37,47)43-19)42-25(16(20)27)36-11-34-18-21(30-9-32-23(18)36)28-5-3-1-2-4-12-17-22(31-8-29-12)35(10-33-17)24(15)41-13/h1,3,8-11,13-16,19-20,24-25H,2,4-7H2,(H,37,47)(H,38,48)(H,28,30,32)/b3-1+/t13-,14-,15-,16-,19-,20-,24-,25-,45?,46?/m1/s1. The third-order valence-corrected chi connectivity index (χ3v) is 11.5. The minimum atomic E-state index is -4.37. The Hall–Kier alpha value is -2.55. The lowest BCUT2D eigenvalue weighted by atomic mass is 10.1. The molecule has 4 aromatic heterocycles. The molecule has 48 heavy (non-hydrogen) atoms. The molecular weight excluding hydrogens is 718 g/mol. The molecule has 0 spiro atoms. The molecule has 0 radical (unpaired) electrons. The van der Waals surface area contributed by atoms with Crippen LogP contribution in [-0.4, -0.2) is 100 Å². The summed E-state index contributed by atoms with van der Waals surface area (Å²) in [5.74, 6) is 0.397. The minimum Gasteiger partial charge on any atom is -0.365 e. The number of halogens is 2. The minimum absolute atomic E-state index is 0.235. The van der Waals surface area contributed by atoms with Crippen molar-refractivity contribution < 1.29 is 45.8 Å². The number of hydrogen-bond acceptors (Lipinski definition) is 15. The lowest BCUT2D eigenvalue weighted by Crippen LogP contribution is -2.37. The van der Waals surface area contributed by atoms with Gasteiger partial charge in [-0.1, -0.05) is 24.4 Å². The van der Waals surface area contributed by atoms with Gasteiger partial charge in [-0.2, -0.15) is 0 Å². The van der Waals surface area contributed by atoms with Crippen LogP contribution < -0.4 is 5.32 Å². The van der Waals surface area contributed by atoms with Crippen molar-refractivity contribution in [3.05, 3.63) is 43.2 Å². The highest BCUT2D eigenvalue weighted by Crippen LogP contribution is 2.58. The molecule has 23 heteroatoms. The Morgan fingerprint density at radius 1 is 0.875 bits per heavy atom. The highest BCUT2D eigenvalue weighted by Gasteiger charge is 2.54. The van der Waals surface area contributed by atoms with Crippen LogP contribution in [0, 0.1) is 0 Å². The van der Waals surface area contributed by atoms with Crippen LogP contribution in [0.2, 0.25) is 0 Å². The van der Waals surface area contributed by atoms with Crippen LogP contribution in [0.1, 0.15) is 24.6 Å². The van der Waals surface area contributed by atoms with Crippen molar-refractivity contribution in [3.8, 4) is 0 Å². The second kappa shape index (κ2) is 12.6. The molecular formula is C25H27F2N9O8P2S2. The lowest BCUT2D eigenvalue weighted by Gasteiger charge is -2.29. The summed E-state index contributed by atoms with van der Waals surface area (Å²) in [6, 6.07) is 0. The molecule has 3 saturated heterocycles. The first-order chi connectivity index (χ1) is 23.1. The van der Waals surface area contributed by atoms with Gasteiger partial charge in [0, 0.05) is 6.54 Å². The fourth-order valence-electron chi connectivity index (χ4n) is 6.07. The van der Waals surface area contributed by atoms with Crippen LogP contribution in [-0.2, 0) is 50.4 Å². The van der Waals surface area contributed by atoms with Gasteiger partial charge in [0.05, 0.1) is 31.6 Å². The second-order valence-electron chi connectivity index (χ2n) is 11.3. The number of alkyl halides is 2. The Kier molecular flexibility index (Phi) is 8.60. The number of fused-ring (bicyclic) bond motifs is 10. The zero-order valence-electron chi connectivity index (χ0n) is 24.5. The first-order valence-corrected chi connectivity index (χ1v) is 20.0. The van der Waals surface area contributed by atoms with Crippen molar-refractivity contribution in [2.75, 3.05) is 25.1 Å². The summed E-state index contributed by atoms with van der Waals surface area (Å²) in [6.45, 7) is -9.41. The quantitative estimate of drug-likeness (QED) is 0.135. The van der Waals surface area contributed by atoms with Crippen molar-refractivity contribution in [2.24, 2.45) is 0 Å². The van der Waals surface area contributed by atoms with E-state index in [0.717, 1.165) is 0 Å². The first-order valence-electron chi connectivity index (χ1n) is 14.7. The number of imidazole rings is 2. The van der Waals surface area contributed by atoms with E-state index >= 15 is 8.78 Å². The highest BCUT2D eigenvalue weighted by molar-refractivity contribution is 8.44. The average molecular weight is 746 g/mol. The smallest absolute Gasteiger partial charge is 0.365 e. The van der Waals surface area contributed by atoms with E-state index in [1.165, 1.54) is 34.4 Å². The first kappa shape index (κ1) is 32.6. The summed E-state index contributed by atoms with van der Waals surface area (Å²) in [4.78, 5) is 37.1.